The molecule has 0 radical (unpaired) electrons. The first-order valence-electron chi connectivity index (χ1n) is 5.38. The first-order valence-corrected chi connectivity index (χ1v) is 6.93. The largest absolute Gasteiger partial charge is 0.480 e. The lowest BCUT2D eigenvalue weighted by atomic mass is 10.1. The van der Waals surface area contributed by atoms with Crippen LogP contribution in [0.15, 0.2) is 24.3 Å². The van der Waals surface area contributed by atoms with Crippen LogP contribution >= 0.6 is 0 Å². The van der Waals surface area contributed by atoms with E-state index >= 15 is 0 Å². The first-order chi connectivity index (χ1) is 8.33. The predicted molar refractivity (Wildman–Crippen MR) is 68.6 cm³/mol. The molecule has 18 heavy (non-hydrogen) atoms. The van der Waals surface area contributed by atoms with Crippen molar-refractivity contribution in [3.63, 3.8) is 0 Å². The van der Waals surface area contributed by atoms with E-state index in [1.54, 1.807) is 24.3 Å². The third kappa shape index (κ3) is 4.01. The summed E-state index contributed by atoms with van der Waals surface area (Å²) >= 11 is 0. The van der Waals surface area contributed by atoms with Crippen molar-refractivity contribution in [2.24, 2.45) is 0 Å². The van der Waals surface area contributed by atoms with Crippen LogP contribution in [0, 0.1) is 0 Å². The Kier molecular flexibility index (Phi) is 4.69. The van der Waals surface area contributed by atoms with Crippen LogP contribution in [0.4, 0.5) is 5.69 Å². The van der Waals surface area contributed by atoms with E-state index in [-0.39, 0.29) is 6.54 Å². The number of benzene rings is 1. The molecule has 0 spiro atoms. The molecule has 0 saturated heterocycles. The quantitative estimate of drug-likeness (QED) is 0.641. The van der Waals surface area contributed by atoms with Crippen LogP contribution in [-0.2, 0) is 21.2 Å². The monoisotopic (exact) mass is 272 g/mol. The number of hydrogen-bond acceptors (Lipinski definition) is 4. The highest BCUT2D eigenvalue weighted by Crippen LogP contribution is 2.06. The summed E-state index contributed by atoms with van der Waals surface area (Å²) in [5, 5.41) is 7.18. The molecule has 1 aromatic rings. The normalized spacial score (nSPS) is 13.2. The summed E-state index contributed by atoms with van der Waals surface area (Å²) in [5.41, 5.74) is 7.08. The number of nitrogens with two attached hydrogens (primary N) is 1. The van der Waals surface area contributed by atoms with E-state index in [1.807, 2.05) is 0 Å². The second-order valence-electron chi connectivity index (χ2n) is 3.91. The molecule has 0 aliphatic carbocycles. The van der Waals surface area contributed by atoms with Crippen molar-refractivity contribution in [3.05, 3.63) is 29.8 Å². The van der Waals surface area contributed by atoms with Gasteiger partial charge in [-0.1, -0.05) is 12.1 Å². The zero-order valence-corrected chi connectivity index (χ0v) is 10.8. The maximum atomic E-state index is 11.5. The van der Waals surface area contributed by atoms with Crippen molar-refractivity contribution in [1.29, 1.82) is 0 Å². The Hall–Kier alpha value is -1.60. The summed E-state index contributed by atoms with van der Waals surface area (Å²) in [4.78, 5) is 10.6. The SMILES string of the molecule is CC(C(=O)O)S(=O)(=O)NCCc1ccc(N)cc1. The van der Waals surface area contributed by atoms with E-state index in [2.05, 4.69) is 4.72 Å². The number of sulfonamides is 1. The molecular weight excluding hydrogens is 256 g/mol. The van der Waals surface area contributed by atoms with Gasteiger partial charge in [-0.3, -0.25) is 4.79 Å². The molecule has 100 valence electrons. The molecule has 0 aliphatic rings. The molecule has 4 N–H and O–H groups in total. The average molecular weight is 272 g/mol. The lowest BCUT2D eigenvalue weighted by Gasteiger charge is -2.10. The Morgan fingerprint density at radius 3 is 2.44 bits per heavy atom. The van der Waals surface area contributed by atoms with Crippen LogP contribution < -0.4 is 10.5 Å². The summed E-state index contributed by atoms with van der Waals surface area (Å²) in [6.07, 6.45) is 0.478. The molecule has 1 rings (SSSR count). The number of carbonyl (C=O) groups is 1. The maximum absolute atomic E-state index is 11.5. The molecule has 0 aliphatic heterocycles. The predicted octanol–water partition coefficient (Wildman–Crippen LogP) is 0.204. The summed E-state index contributed by atoms with van der Waals surface area (Å²) in [7, 11) is -3.81. The van der Waals surface area contributed by atoms with Crippen LogP contribution in [0.5, 0.6) is 0 Å². The minimum absolute atomic E-state index is 0.157. The van der Waals surface area contributed by atoms with Gasteiger partial charge in [-0.25, -0.2) is 13.1 Å². The van der Waals surface area contributed by atoms with Gasteiger partial charge >= 0.3 is 5.97 Å². The fraction of sp³-hybridized carbons (Fsp3) is 0.364. The Morgan fingerprint density at radius 2 is 1.94 bits per heavy atom. The number of nitrogen functional groups attached to an aromatic ring is 1. The molecule has 7 heteroatoms. The molecule has 0 fully saturated rings. The van der Waals surface area contributed by atoms with E-state index in [1.165, 1.54) is 0 Å². The van der Waals surface area contributed by atoms with Gasteiger partial charge in [0.1, 0.15) is 0 Å². The summed E-state index contributed by atoms with van der Waals surface area (Å²) < 4.78 is 25.3. The van der Waals surface area contributed by atoms with Crippen molar-refractivity contribution in [2.75, 3.05) is 12.3 Å². The van der Waals surface area contributed by atoms with Crippen molar-refractivity contribution in [2.45, 2.75) is 18.6 Å². The van der Waals surface area contributed by atoms with Crippen molar-refractivity contribution in [1.82, 2.24) is 4.72 Å². The zero-order chi connectivity index (χ0) is 13.8. The van der Waals surface area contributed by atoms with Crippen LogP contribution in [0.1, 0.15) is 12.5 Å². The number of carboxylic acid groups (broad SMARTS) is 1. The van der Waals surface area contributed by atoms with Crippen molar-refractivity contribution in [3.8, 4) is 0 Å². The summed E-state index contributed by atoms with van der Waals surface area (Å²) in [6, 6.07) is 7.04. The van der Waals surface area contributed by atoms with Crippen LogP contribution in [0.2, 0.25) is 0 Å². The van der Waals surface area contributed by atoms with Crippen molar-refractivity contribution >= 4 is 21.7 Å². The van der Waals surface area contributed by atoms with Crippen molar-refractivity contribution < 1.29 is 18.3 Å². The molecule has 0 amide bonds. The molecule has 0 saturated carbocycles. The Morgan fingerprint density at radius 1 is 1.39 bits per heavy atom. The second-order valence-corrected chi connectivity index (χ2v) is 6.00. The van der Waals surface area contributed by atoms with Gasteiger partial charge in [0.15, 0.2) is 5.25 Å². The van der Waals surface area contributed by atoms with Gasteiger partial charge in [-0.05, 0) is 31.0 Å². The minimum Gasteiger partial charge on any atom is -0.480 e. The van der Waals surface area contributed by atoms with Crippen LogP contribution in [0.25, 0.3) is 0 Å². The van der Waals surface area contributed by atoms with E-state index in [9.17, 15) is 13.2 Å². The topological polar surface area (TPSA) is 109 Å². The molecule has 6 nitrogen and oxygen atoms in total. The molecule has 1 unspecified atom stereocenters. The number of carboxylic acids is 1. The molecular formula is C11H16N2O4S. The smallest absolute Gasteiger partial charge is 0.323 e. The number of anilines is 1. The van der Waals surface area contributed by atoms with Gasteiger partial charge in [-0.15, -0.1) is 0 Å². The fourth-order valence-electron chi connectivity index (χ4n) is 1.28. The number of hydrogen-bond donors (Lipinski definition) is 3. The minimum atomic E-state index is -3.81. The average Bonchev–Trinajstić information content (AvgIpc) is 2.30. The van der Waals surface area contributed by atoms with Gasteiger partial charge in [0, 0.05) is 12.2 Å². The lowest BCUT2D eigenvalue weighted by Crippen LogP contribution is -2.38. The zero-order valence-electron chi connectivity index (χ0n) is 9.96. The Balaban J connectivity index is 2.51. The highest BCUT2D eigenvalue weighted by atomic mass is 32.2. The lowest BCUT2D eigenvalue weighted by molar-refractivity contribution is -0.136. The summed E-state index contributed by atoms with van der Waals surface area (Å²) in [6.45, 7) is 1.29. The van der Waals surface area contributed by atoms with E-state index in [4.69, 9.17) is 10.8 Å². The standard InChI is InChI=1S/C11H16N2O4S/c1-8(11(14)15)18(16,17)13-7-6-9-2-4-10(12)5-3-9/h2-5,8,13H,6-7,12H2,1H3,(H,14,15). The Bertz CT molecular complexity index is 510. The third-order valence-corrected chi connectivity index (χ3v) is 4.25. The van der Waals surface area contributed by atoms with Gasteiger partial charge in [0.2, 0.25) is 10.0 Å². The van der Waals surface area contributed by atoms with E-state index < -0.39 is 21.2 Å². The highest BCUT2D eigenvalue weighted by molar-refractivity contribution is 7.90. The van der Waals surface area contributed by atoms with E-state index in [0.717, 1.165) is 12.5 Å². The maximum Gasteiger partial charge on any atom is 0.323 e. The third-order valence-electron chi connectivity index (χ3n) is 2.51. The van der Waals surface area contributed by atoms with Gasteiger partial charge in [0.05, 0.1) is 0 Å². The van der Waals surface area contributed by atoms with Gasteiger partial charge in [-0.2, -0.15) is 0 Å². The highest BCUT2D eigenvalue weighted by Gasteiger charge is 2.26. The van der Waals surface area contributed by atoms with Crippen LogP contribution in [0.3, 0.4) is 0 Å². The fourth-order valence-corrected chi connectivity index (χ4v) is 2.18. The first kappa shape index (κ1) is 14.5. The molecule has 0 heterocycles. The number of rotatable bonds is 6. The second kappa shape index (κ2) is 5.83. The van der Waals surface area contributed by atoms with E-state index in [0.29, 0.717) is 12.1 Å². The van der Waals surface area contributed by atoms with Crippen LogP contribution in [-0.4, -0.2) is 31.3 Å². The molecule has 0 aromatic heterocycles. The molecule has 1 atom stereocenters. The molecule has 0 bridgehead atoms. The summed E-state index contributed by atoms with van der Waals surface area (Å²) in [5.74, 6) is -1.37. The van der Waals surface area contributed by atoms with Gasteiger partial charge in [0.25, 0.3) is 0 Å². The number of aliphatic carboxylic acids is 1. The Labute approximate surface area is 106 Å². The number of nitrogens with one attached hydrogen (secondary N) is 1. The van der Waals surface area contributed by atoms with Gasteiger partial charge < -0.3 is 10.8 Å². The molecule has 1 aromatic carbocycles.